The average Bonchev–Trinajstić information content (AvgIpc) is 3.10. The maximum Gasteiger partial charge on any atom is 0.125 e. The molecule has 2 nitrogen and oxygen atoms in total. The first-order valence-electron chi connectivity index (χ1n) is 5.55. The van der Waals surface area contributed by atoms with Crippen LogP contribution >= 0.6 is 0 Å². The molecular weight excluding hydrogens is 188 g/mol. The maximum absolute atomic E-state index is 9.20. The summed E-state index contributed by atoms with van der Waals surface area (Å²) in [7, 11) is 1.72. The monoisotopic (exact) mass is 206 g/mol. The first-order chi connectivity index (χ1) is 7.27. The van der Waals surface area contributed by atoms with E-state index in [1.54, 1.807) is 7.11 Å². The van der Waals surface area contributed by atoms with Crippen LogP contribution in [0, 0.1) is 0 Å². The van der Waals surface area contributed by atoms with Gasteiger partial charge in [0.05, 0.1) is 7.11 Å². The fraction of sp³-hybridized carbons (Fsp3) is 0.538. The van der Waals surface area contributed by atoms with E-state index in [-0.39, 0.29) is 12.5 Å². The van der Waals surface area contributed by atoms with Crippen molar-refractivity contribution in [3.05, 3.63) is 29.3 Å². The first kappa shape index (κ1) is 10.5. The van der Waals surface area contributed by atoms with Crippen molar-refractivity contribution in [2.75, 3.05) is 13.7 Å². The van der Waals surface area contributed by atoms with E-state index >= 15 is 0 Å². The van der Waals surface area contributed by atoms with Gasteiger partial charge >= 0.3 is 0 Å². The molecule has 0 bridgehead atoms. The second-order valence-electron chi connectivity index (χ2n) is 4.33. The second kappa shape index (κ2) is 4.23. The molecule has 1 unspecified atom stereocenters. The Bertz CT molecular complexity index is 342. The molecule has 0 aliphatic heterocycles. The topological polar surface area (TPSA) is 29.5 Å². The van der Waals surface area contributed by atoms with Gasteiger partial charge in [0.25, 0.3) is 0 Å². The number of aliphatic hydroxyl groups excluding tert-OH is 1. The summed E-state index contributed by atoms with van der Waals surface area (Å²) in [5.74, 6) is 1.82. The van der Waals surface area contributed by atoms with E-state index < -0.39 is 0 Å². The summed E-state index contributed by atoms with van der Waals surface area (Å²) >= 11 is 0. The third kappa shape index (κ3) is 2.00. The molecule has 0 radical (unpaired) electrons. The van der Waals surface area contributed by atoms with Crippen molar-refractivity contribution in [1.82, 2.24) is 0 Å². The second-order valence-corrected chi connectivity index (χ2v) is 4.33. The van der Waals surface area contributed by atoms with Gasteiger partial charge in [-0.25, -0.2) is 0 Å². The molecule has 2 heteroatoms. The number of rotatable bonds is 4. The Balaban J connectivity index is 2.40. The Hall–Kier alpha value is -1.02. The Morgan fingerprint density at radius 3 is 2.73 bits per heavy atom. The zero-order chi connectivity index (χ0) is 10.8. The minimum Gasteiger partial charge on any atom is -0.496 e. The predicted octanol–water partition coefficient (Wildman–Crippen LogP) is 2.67. The minimum atomic E-state index is 0.152. The molecule has 0 heterocycles. The van der Waals surface area contributed by atoms with Crippen LogP contribution in [-0.4, -0.2) is 18.8 Å². The summed E-state index contributed by atoms with van der Waals surface area (Å²) in [6, 6.07) is 6.26. The molecule has 0 saturated heterocycles. The lowest BCUT2D eigenvalue weighted by Gasteiger charge is -2.16. The molecule has 82 valence electrons. The quantitative estimate of drug-likeness (QED) is 0.820. The lowest BCUT2D eigenvalue weighted by atomic mass is 9.96. The van der Waals surface area contributed by atoms with Crippen LogP contribution < -0.4 is 4.74 Å². The first-order valence-corrected chi connectivity index (χ1v) is 5.55. The van der Waals surface area contributed by atoms with Crippen molar-refractivity contribution in [2.24, 2.45) is 0 Å². The molecule has 0 amide bonds. The van der Waals surface area contributed by atoms with E-state index in [9.17, 15) is 5.11 Å². The maximum atomic E-state index is 9.20. The number of hydrogen-bond donors (Lipinski definition) is 1. The van der Waals surface area contributed by atoms with Gasteiger partial charge in [0, 0.05) is 12.5 Å². The molecule has 1 aliphatic rings. The van der Waals surface area contributed by atoms with Gasteiger partial charge in [-0.05, 0) is 29.9 Å². The Kier molecular flexibility index (Phi) is 2.96. The fourth-order valence-electron chi connectivity index (χ4n) is 2.01. The van der Waals surface area contributed by atoms with Crippen molar-refractivity contribution in [3.63, 3.8) is 0 Å². The molecule has 1 aromatic rings. The summed E-state index contributed by atoms with van der Waals surface area (Å²) in [5.41, 5.74) is 2.44. The third-order valence-electron chi connectivity index (χ3n) is 3.10. The van der Waals surface area contributed by atoms with E-state index in [4.69, 9.17) is 4.74 Å². The molecule has 1 aliphatic carbocycles. The number of benzene rings is 1. The predicted molar refractivity (Wildman–Crippen MR) is 60.5 cm³/mol. The summed E-state index contributed by atoms with van der Waals surface area (Å²) in [6.45, 7) is 2.19. The highest BCUT2D eigenvalue weighted by Gasteiger charge is 2.28. The van der Waals surface area contributed by atoms with Gasteiger partial charge in [0.2, 0.25) is 0 Å². The molecule has 0 aromatic heterocycles. The highest BCUT2D eigenvalue weighted by Crippen LogP contribution is 2.46. The molecule has 1 N–H and O–H groups in total. The Morgan fingerprint density at radius 2 is 2.20 bits per heavy atom. The van der Waals surface area contributed by atoms with Gasteiger partial charge in [-0.3, -0.25) is 0 Å². The Morgan fingerprint density at radius 1 is 1.47 bits per heavy atom. The summed E-state index contributed by atoms with van der Waals surface area (Å²) in [4.78, 5) is 0. The third-order valence-corrected chi connectivity index (χ3v) is 3.10. The fourth-order valence-corrected chi connectivity index (χ4v) is 2.01. The van der Waals surface area contributed by atoms with Crippen LogP contribution in [0.1, 0.15) is 42.7 Å². The van der Waals surface area contributed by atoms with Gasteiger partial charge in [-0.15, -0.1) is 0 Å². The summed E-state index contributed by atoms with van der Waals surface area (Å²) in [5, 5.41) is 9.20. The van der Waals surface area contributed by atoms with Crippen LogP contribution in [0.5, 0.6) is 5.75 Å². The minimum absolute atomic E-state index is 0.152. The van der Waals surface area contributed by atoms with Gasteiger partial charge in [0.1, 0.15) is 5.75 Å². The van der Waals surface area contributed by atoms with Gasteiger partial charge in [-0.2, -0.15) is 0 Å². The lowest BCUT2D eigenvalue weighted by molar-refractivity contribution is 0.269. The molecule has 1 aromatic carbocycles. The molecule has 2 rings (SSSR count). The van der Waals surface area contributed by atoms with E-state index in [0.717, 1.165) is 11.3 Å². The zero-order valence-corrected chi connectivity index (χ0v) is 9.36. The van der Waals surface area contributed by atoms with E-state index in [0.29, 0.717) is 5.92 Å². The normalized spacial score (nSPS) is 17.5. The lowest BCUT2D eigenvalue weighted by Crippen LogP contribution is -2.03. The van der Waals surface area contributed by atoms with Crippen molar-refractivity contribution < 1.29 is 9.84 Å². The van der Waals surface area contributed by atoms with Crippen LogP contribution in [0.15, 0.2) is 18.2 Å². The van der Waals surface area contributed by atoms with Crippen LogP contribution in [0.25, 0.3) is 0 Å². The molecule has 15 heavy (non-hydrogen) atoms. The van der Waals surface area contributed by atoms with Crippen LogP contribution in [0.3, 0.4) is 0 Å². The van der Waals surface area contributed by atoms with E-state index in [1.807, 2.05) is 13.0 Å². The van der Waals surface area contributed by atoms with Crippen LogP contribution in [0.4, 0.5) is 0 Å². The molecule has 1 fully saturated rings. The SMILES string of the molecule is COc1c(C(C)CO)cccc1C1CC1. The van der Waals surface area contributed by atoms with E-state index in [2.05, 4.69) is 12.1 Å². The smallest absolute Gasteiger partial charge is 0.125 e. The highest BCUT2D eigenvalue weighted by atomic mass is 16.5. The summed E-state index contributed by atoms with van der Waals surface area (Å²) < 4.78 is 5.49. The van der Waals surface area contributed by atoms with Crippen molar-refractivity contribution in [2.45, 2.75) is 31.6 Å². The largest absolute Gasteiger partial charge is 0.496 e. The van der Waals surface area contributed by atoms with Crippen LogP contribution in [0.2, 0.25) is 0 Å². The standard InChI is InChI=1S/C13H18O2/c1-9(8-14)11-4-3-5-12(10-6-7-10)13(11)15-2/h3-5,9-10,14H,6-8H2,1-2H3. The average molecular weight is 206 g/mol. The summed E-state index contributed by atoms with van der Waals surface area (Å²) in [6.07, 6.45) is 2.54. The molecule has 1 saturated carbocycles. The highest BCUT2D eigenvalue weighted by molar-refractivity contribution is 5.46. The van der Waals surface area contributed by atoms with Crippen molar-refractivity contribution in [3.8, 4) is 5.75 Å². The number of methoxy groups -OCH3 is 1. The Labute approximate surface area is 90.9 Å². The van der Waals surface area contributed by atoms with Crippen LogP contribution in [-0.2, 0) is 0 Å². The number of hydrogen-bond acceptors (Lipinski definition) is 2. The van der Waals surface area contributed by atoms with Crippen molar-refractivity contribution >= 4 is 0 Å². The molecule has 0 spiro atoms. The van der Waals surface area contributed by atoms with Gasteiger partial charge < -0.3 is 9.84 Å². The number of ether oxygens (including phenoxy) is 1. The zero-order valence-electron chi connectivity index (χ0n) is 9.36. The number of aliphatic hydroxyl groups is 1. The van der Waals surface area contributed by atoms with Gasteiger partial charge in [-0.1, -0.05) is 25.1 Å². The van der Waals surface area contributed by atoms with Gasteiger partial charge in [0.15, 0.2) is 0 Å². The number of para-hydroxylation sites is 1. The molecular formula is C13H18O2. The molecule has 1 atom stereocenters. The van der Waals surface area contributed by atoms with Crippen molar-refractivity contribution in [1.29, 1.82) is 0 Å². The van der Waals surface area contributed by atoms with E-state index in [1.165, 1.54) is 18.4 Å².